The standard InChI is InChI=1S/C8H15N5S/c1-5(2)7-13-12-6(14-7)4-11-8(9)10-3/h5H,4H2,1-3H3,(H3,9,10,11). The zero-order valence-corrected chi connectivity index (χ0v) is 9.43. The third kappa shape index (κ3) is 2.95. The van der Waals surface area contributed by atoms with Gasteiger partial charge in [0.2, 0.25) is 0 Å². The number of guanidine groups is 1. The van der Waals surface area contributed by atoms with Crippen molar-refractivity contribution < 1.29 is 0 Å². The highest BCUT2D eigenvalue weighted by atomic mass is 32.1. The van der Waals surface area contributed by atoms with Crippen LogP contribution >= 0.6 is 11.3 Å². The van der Waals surface area contributed by atoms with Crippen LogP contribution in [0.3, 0.4) is 0 Å². The van der Waals surface area contributed by atoms with E-state index in [0.29, 0.717) is 18.4 Å². The summed E-state index contributed by atoms with van der Waals surface area (Å²) in [5.41, 5.74) is 5.48. The maximum Gasteiger partial charge on any atom is 0.188 e. The van der Waals surface area contributed by atoms with Crippen molar-refractivity contribution in [3.8, 4) is 0 Å². The average Bonchev–Trinajstić information content (AvgIpc) is 2.62. The van der Waals surface area contributed by atoms with E-state index in [1.54, 1.807) is 18.4 Å². The monoisotopic (exact) mass is 213 g/mol. The predicted molar refractivity (Wildman–Crippen MR) is 58.4 cm³/mol. The van der Waals surface area contributed by atoms with E-state index in [9.17, 15) is 0 Å². The van der Waals surface area contributed by atoms with Crippen LogP contribution in [0.25, 0.3) is 0 Å². The summed E-state index contributed by atoms with van der Waals surface area (Å²) in [4.78, 5) is 3.79. The number of rotatable bonds is 3. The smallest absolute Gasteiger partial charge is 0.188 e. The van der Waals surface area contributed by atoms with E-state index in [0.717, 1.165) is 10.0 Å². The fourth-order valence-corrected chi connectivity index (χ4v) is 1.60. The van der Waals surface area contributed by atoms with Gasteiger partial charge in [-0.1, -0.05) is 25.2 Å². The molecule has 0 atom stereocenters. The molecule has 1 aromatic rings. The van der Waals surface area contributed by atoms with Gasteiger partial charge in [0.05, 0.1) is 6.54 Å². The second-order valence-corrected chi connectivity index (χ2v) is 4.24. The van der Waals surface area contributed by atoms with E-state index >= 15 is 0 Å². The van der Waals surface area contributed by atoms with Gasteiger partial charge < -0.3 is 11.1 Å². The number of nitrogens with zero attached hydrogens (tertiary/aromatic N) is 3. The molecule has 1 aromatic heterocycles. The van der Waals surface area contributed by atoms with Crippen LogP contribution in [-0.2, 0) is 6.54 Å². The maximum absolute atomic E-state index is 5.48. The Morgan fingerprint density at radius 3 is 2.79 bits per heavy atom. The Bertz CT molecular complexity index is 317. The van der Waals surface area contributed by atoms with Gasteiger partial charge in [-0.25, -0.2) is 0 Å². The Kier molecular flexibility index (Phi) is 3.82. The van der Waals surface area contributed by atoms with Gasteiger partial charge in [-0.05, 0) is 0 Å². The van der Waals surface area contributed by atoms with Crippen LogP contribution in [0.5, 0.6) is 0 Å². The highest BCUT2D eigenvalue weighted by molar-refractivity contribution is 7.11. The summed E-state index contributed by atoms with van der Waals surface area (Å²) >= 11 is 1.60. The summed E-state index contributed by atoms with van der Waals surface area (Å²) in [6.45, 7) is 4.78. The average molecular weight is 213 g/mol. The summed E-state index contributed by atoms with van der Waals surface area (Å²) < 4.78 is 0. The van der Waals surface area contributed by atoms with Crippen molar-refractivity contribution in [2.24, 2.45) is 10.7 Å². The lowest BCUT2D eigenvalue weighted by Crippen LogP contribution is -2.30. The molecule has 0 unspecified atom stereocenters. The molecule has 0 aliphatic carbocycles. The number of hydrogen-bond donors (Lipinski definition) is 2. The summed E-state index contributed by atoms with van der Waals surface area (Å²) in [6, 6.07) is 0. The molecule has 0 fully saturated rings. The number of aliphatic imine (C=N–C) groups is 1. The minimum atomic E-state index is 0.422. The van der Waals surface area contributed by atoms with Crippen LogP contribution < -0.4 is 11.1 Å². The van der Waals surface area contributed by atoms with Crippen molar-refractivity contribution in [3.05, 3.63) is 10.0 Å². The fourth-order valence-electron chi connectivity index (χ4n) is 0.817. The lowest BCUT2D eigenvalue weighted by molar-refractivity contribution is 0.806. The summed E-state index contributed by atoms with van der Waals surface area (Å²) in [5, 5.41) is 13.0. The molecule has 1 rings (SSSR count). The molecule has 78 valence electrons. The zero-order valence-electron chi connectivity index (χ0n) is 8.61. The number of nitrogens with two attached hydrogens (primary N) is 1. The van der Waals surface area contributed by atoms with Crippen molar-refractivity contribution in [2.75, 3.05) is 7.05 Å². The van der Waals surface area contributed by atoms with Gasteiger partial charge in [0.15, 0.2) is 5.96 Å². The van der Waals surface area contributed by atoms with Gasteiger partial charge in [-0.2, -0.15) is 0 Å². The van der Waals surface area contributed by atoms with E-state index in [-0.39, 0.29) is 0 Å². The van der Waals surface area contributed by atoms with Gasteiger partial charge in [0.1, 0.15) is 10.0 Å². The van der Waals surface area contributed by atoms with Gasteiger partial charge in [0, 0.05) is 13.0 Å². The SMILES string of the molecule is CN=C(N)NCc1nnc(C(C)C)s1. The maximum atomic E-state index is 5.48. The lowest BCUT2D eigenvalue weighted by Gasteiger charge is -1.99. The van der Waals surface area contributed by atoms with Crippen LogP contribution in [0.15, 0.2) is 4.99 Å². The molecule has 0 aromatic carbocycles. The molecule has 3 N–H and O–H groups in total. The summed E-state index contributed by atoms with van der Waals surface area (Å²) in [6.07, 6.45) is 0. The largest absolute Gasteiger partial charge is 0.370 e. The molecular formula is C8H15N5S. The van der Waals surface area contributed by atoms with Crippen LogP contribution in [-0.4, -0.2) is 23.2 Å². The van der Waals surface area contributed by atoms with Gasteiger partial charge in [-0.15, -0.1) is 10.2 Å². The normalized spacial score (nSPS) is 12.1. The summed E-state index contributed by atoms with van der Waals surface area (Å²) in [7, 11) is 1.64. The molecule has 0 saturated carbocycles. The molecule has 0 bridgehead atoms. The van der Waals surface area contributed by atoms with E-state index in [4.69, 9.17) is 5.73 Å². The van der Waals surface area contributed by atoms with Crippen LogP contribution in [0.2, 0.25) is 0 Å². The van der Waals surface area contributed by atoms with E-state index in [1.807, 2.05) is 0 Å². The third-order valence-corrected chi connectivity index (χ3v) is 2.86. The molecule has 14 heavy (non-hydrogen) atoms. The minimum absolute atomic E-state index is 0.422. The van der Waals surface area contributed by atoms with Crippen molar-refractivity contribution in [1.29, 1.82) is 0 Å². The zero-order chi connectivity index (χ0) is 10.6. The van der Waals surface area contributed by atoms with Gasteiger partial charge >= 0.3 is 0 Å². The Labute approximate surface area is 87.5 Å². The van der Waals surface area contributed by atoms with E-state index < -0.39 is 0 Å². The van der Waals surface area contributed by atoms with Crippen LogP contribution in [0.4, 0.5) is 0 Å². The second-order valence-electron chi connectivity index (χ2n) is 3.15. The Balaban J connectivity index is 2.52. The Morgan fingerprint density at radius 1 is 1.57 bits per heavy atom. The minimum Gasteiger partial charge on any atom is -0.370 e. The molecule has 0 radical (unpaired) electrons. The highest BCUT2D eigenvalue weighted by Crippen LogP contribution is 2.18. The summed E-state index contributed by atoms with van der Waals surface area (Å²) in [5.74, 6) is 0.852. The fraction of sp³-hybridized carbons (Fsp3) is 0.625. The molecule has 6 heteroatoms. The number of nitrogens with one attached hydrogen (secondary N) is 1. The first-order chi connectivity index (χ1) is 6.63. The van der Waals surface area contributed by atoms with Crippen molar-refractivity contribution in [2.45, 2.75) is 26.3 Å². The molecule has 0 aliphatic rings. The quantitative estimate of drug-likeness (QED) is 0.572. The molecule has 0 spiro atoms. The topological polar surface area (TPSA) is 76.2 Å². The van der Waals surface area contributed by atoms with Crippen LogP contribution in [0, 0.1) is 0 Å². The van der Waals surface area contributed by atoms with E-state index in [1.165, 1.54) is 0 Å². The van der Waals surface area contributed by atoms with Gasteiger partial charge in [0.25, 0.3) is 0 Å². The molecule has 1 heterocycles. The first kappa shape index (κ1) is 10.9. The predicted octanol–water partition coefficient (Wildman–Crippen LogP) is 0.696. The molecular weight excluding hydrogens is 198 g/mol. The molecule has 5 nitrogen and oxygen atoms in total. The van der Waals surface area contributed by atoms with Crippen molar-refractivity contribution >= 4 is 17.3 Å². The van der Waals surface area contributed by atoms with Crippen molar-refractivity contribution in [3.63, 3.8) is 0 Å². The first-order valence-electron chi connectivity index (χ1n) is 4.42. The Hall–Kier alpha value is -1.17. The molecule has 0 saturated heterocycles. The number of aromatic nitrogens is 2. The molecule has 0 aliphatic heterocycles. The first-order valence-corrected chi connectivity index (χ1v) is 5.23. The van der Waals surface area contributed by atoms with Crippen molar-refractivity contribution in [1.82, 2.24) is 15.5 Å². The lowest BCUT2D eigenvalue weighted by atomic mass is 10.2. The number of hydrogen-bond acceptors (Lipinski definition) is 4. The van der Waals surface area contributed by atoms with E-state index in [2.05, 4.69) is 34.4 Å². The highest BCUT2D eigenvalue weighted by Gasteiger charge is 2.07. The van der Waals surface area contributed by atoms with Gasteiger partial charge in [-0.3, -0.25) is 4.99 Å². The second kappa shape index (κ2) is 4.90. The third-order valence-electron chi connectivity index (χ3n) is 1.64. The molecule has 0 amide bonds. The van der Waals surface area contributed by atoms with Crippen LogP contribution in [0.1, 0.15) is 29.8 Å². The Morgan fingerprint density at radius 2 is 2.29 bits per heavy atom.